The van der Waals surface area contributed by atoms with Gasteiger partial charge in [-0.15, -0.1) is 0 Å². The van der Waals surface area contributed by atoms with Gasteiger partial charge in [0.2, 0.25) is 0 Å². The Labute approximate surface area is 173 Å². The van der Waals surface area contributed by atoms with Crippen LogP contribution in [0.15, 0.2) is 54.6 Å². The monoisotopic (exact) mass is 461 g/mol. The number of alkyl halides is 1. The highest BCUT2D eigenvalue weighted by atomic mass is 127. The van der Waals surface area contributed by atoms with Crippen LogP contribution in [-0.2, 0) is 6.54 Å². The molecule has 2 aromatic carbocycles. The quantitative estimate of drug-likeness (QED) is 0.357. The van der Waals surface area contributed by atoms with Crippen LogP contribution in [0, 0.1) is 5.92 Å². The summed E-state index contributed by atoms with van der Waals surface area (Å²) in [6.45, 7) is 12.9. The zero-order valence-electron chi connectivity index (χ0n) is 16.6. The van der Waals surface area contributed by atoms with E-state index in [1.54, 1.807) is 5.56 Å². The Morgan fingerprint density at radius 2 is 1.69 bits per heavy atom. The molecule has 0 saturated carbocycles. The minimum atomic E-state index is 0.311. The maximum Gasteiger partial charge on any atom is 0.0233 e. The van der Waals surface area contributed by atoms with Crippen LogP contribution < -0.4 is 0 Å². The summed E-state index contributed by atoms with van der Waals surface area (Å²) in [5.74, 6) is 1.90. The predicted octanol–water partition coefficient (Wildman–Crippen LogP) is 6.63. The molecule has 1 fully saturated rings. The molecule has 2 unspecified atom stereocenters. The van der Waals surface area contributed by atoms with E-state index in [4.69, 9.17) is 0 Å². The molecule has 0 amide bonds. The Bertz CT molecular complexity index is 702. The van der Waals surface area contributed by atoms with Crippen molar-refractivity contribution in [2.75, 3.05) is 13.1 Å². The molecular formula is C24H32IN. The Morgan fingerprint density at radius 3 is 2.35 bits per heavy atom. The van der Waals surface area contributed by atoms with Gasteiger partial charge >= 0.3 is 0 Å². The van der Waals surface area contributed by atoms with Crippen molar-refractivity contribution in [3.05, 3.63) is 71.3 Å². The SMILES string of the molecule is CC(C)c1ccccc1C1CN(Cc2ccccc2)CCC1C(C)(C)I. The number of halogens is 1. The molecular weight excluding hydrogens is 429 g/mol. The van der Waals surface area contributed by atoms with Gasteiger partial charge in [0.25, 0.3) is 0 Å². The molecule has 1 heterocycles. The lowest BCUT2D eigenvalue weighted by atomic mass is 9.72. The predicted molar refractivity (Wildman–Crippen MR) is 121 cm³/mol. The molecule has 0 bridgehead atoms. The minimum absolute atomic E-state index is 0.311. The average molecular weight is 461 g/mol. The third-order valence-corrected chi connectivity index (χ3v) is 6.65. The Hall–Kier alpha value is -0.870. The molecule has 1 saturated heterocycles. The lowest BCUT2D eigenvalue weighted by molar-refractivity contribution is 0.138. The standard InChI is InChI=1S/C24H32IN/c1-18(2)20-12-8-9-13-21(20)22-17-26(15-14-23(22)24(3,4)25)16-19-10-6-5-7-11-19/h5-13,18,22-23H,14-17H2,1-4H3. The van der Waals surface area contributed by atoms with E-state index in [2.05, 4.69) is 110 Å². The Kier molecular flexibility index (Phi) is 6.45. The van der Waals surface area contributed by atoms with Crippen LogP contribution in [0.25, 0.3) is 0 Å². The van der Waals surface area contributed by atoms with Crippen molar-refractivity contribution in [1.82, 2.24) is 4.90 Å². The molecule has 0 spiro atoms. The molecule has 140 valence electrons. The summed E-state index contributed by atoms with van der Waals surface area (Å²) >= 11 is 2.68. The number of likely N-dealkylation sites (tertiary alicyclic amines) is 1. The van der Waals surface area contributed by atoms with E-state index in [9.17, 15) is 0 Å². The second kappa shape index (κ2) is 8.43. The van der Waals surface area contributed by atoms with Crippen LogP contribution in [0.3, 0.4) is 0 Å². The van der Waals surface area contributed by atoms with Crippen molar-refractivity contribution < 1.29 is 0 Å². The van der Waals surface area contributed by atoms with Gasteiger partial charge in [-0.2, -0.15) is 0 Å². The fourth-order valence-electron chi connectivity index (χ4n) is 4.52. The molecule has 0 N–H and O–H groups in total. The molecule has 1 aliphatic heterocycles. The molecule has 1 aliphatic rings. The summed E-state index contributed by atoms with van der Waals surface area (Å²) in [6.07, 6.45) is 1.28. The highest BCUT2D eigenvalue weighted by Gasteiger charge is 2.39. The first kappa shape index (κ1) is 19.9. The molecule has 1 nitrogen and oxygen atoms in total. The molecule has 0 radical (unpaired) electrons. The first-order valence-electron chi connectivity index (χ1n) is 9.90. The van der Waals surface area contributed by atoms with Gasteiger partial charge in [0.05, 0.1) is 0 Å². The zero-order chi connectivity index (χ0) is 18.7. The summed E-state index contributed by atoms with van der Waals surface area (Å²) in [4.78, 5) is 2.66. The van der Waals surface area contributed by atoms with Crippen molar-refractivity contribution in [3.63, 3.8) is 0 Å². The lowest BCUT2D eigenvalue weighted by Gasteiger charge is -2.45. The first-order valence-corrected chi connectivity index (χ1v) is 11.0. The van der Waals surface area contributed by atoms with Crippen molar-refractivity contribution >= 4 is 22.6 Å². The summed E-state index contributed by atoms with van der Waals surface area (Å²) in [5, 5.41) is 0. The molecule has 0 aliphatic carbocycles. The van der Waals surface area contributed by atoms with Gasteiger partial charge in [-0.1, -0.05) is 105 Å². The molecule has 0 aromatic heterocycles. The molecule has 26 heavy (non-hydrogen) atoms. The summed E-state index contributed by atoms with van der Waals surface area (Å²) in [5.41, 5.74) is 4.54. The van der Waals surface area contributed by atoms with E-state index in [0.717, 1.165) is 19.0 Å². The Morgan fingerprint density at radius 1 is 1.04 bits per heavy atom. The molecule has 2 atom stereocenters. The molecule has 2 aromatic rings. The van der Waals surface area contributed by atoms with Crippen molar-refractivity contribution in [1.29, 1.82) is 0 Å². The number of nitrogens with zero attached hydrogens (tertiary/aromatic N) is 1. The maximum atomic E-state index is 2.68. The lowest BCUT2D eigenvalue weighted by Crippen LogP contribution is -2.44. The second-order valence-corrected chi connectivity index (χ2v) is 11.4. The van der Waals surface area contributed by atoms with Gasteiger partial charge in [0.1, 0.15) is 0 Å². The average Bonchev–Trinajstić information content (AvgIpc) is 2.61. The highest BCUT2D eigenvalue weighted by Crippen LogP contribution is 2.45. The van der Waals surface area contributed by atoms with E-state index >= 15 is 0 Å². The van der Waals surface area contributed by atoms with Crippen LogP contribution in [0.5, 0.6) is 0 Å². The van der Waals surface area contributed by atoms with Gasteiger partial charge in [0, 0.05) is 22.4 Å². The van der Waals surface area contributed by atoms with Crippen molar-refractivity contribution in [2.45, 2.75) is 55.9 Å². The van der Waals surface area contributed by atoms with Crippen LogP contribution in [0.4, 0.5) is 0 Å². The number of rotatable bonds is 5. The van der Waals surface area contributed by atoms with Crippen molar-refractivity contribution in [3.8, 4) is 0 Å². The Balaban J connectivity index is 1.89. The van der Waals surface area contributed by atoms with Gasteiger partial charge in [-0.3, -0.25) is 4.90 Å². The molecule has 2 heteroatoms. The second-order valence-electron chi connectivity index (χ2n) is 8.57. The molecule has 3 rings (SSSR count). The fourth-order valence-corrected chi connectivity index (χ4v) is 5.26. The van der Waals surface area contributed by atoms with Crippen LogP contribution in [0.2, 0.25) is 0 Å². The van der Waals surface area contributed by atoms with E-state index < -0.39 is 0 Å². The van der Waals surface area contributed by atoms with Crippen molar-refractivity contribution in [2.24, 2.45) is 5.92 Å². The third kappa shape index (κ3) is 4.69. The van der Waals surface area contributed by atoms with Gasteiger partial charge in [0.15, 0.2) is 0 Å². The van der Waals surface area contributed by atoms with Crippen LogP contribution >= 0.6 is 22.6 Å². The van der Waals surface area contributed by atoms with Gasteiger partial charge in [-0.05, 0) is 41.5 Å². The van der Waals surface area contributed by atoms with E-state index in [-0.39, 0.29) is 0 Å². The minimum Gasteiger partial charge on any atom is -0.298 e. The van der Waals surface area contributed by atoms with Crippen LogP contribution in [0.1, 0.15) is 62.6 Å². The first-order chi connectivity index (χ1) is 12.4. The fraction of sp³-hybridized carbons (Fsp3) is 0.500. The zero-order valence-corrected chi connectivity index (χ0v) is 18.7. The summed E-state index contributed by atoms with van der Waals surface area (Å²) < 4.78 is 0.311. The topological polar surface area (TPSA) is 3.24 Å². The smallest absolute Gasteiger partial charge is 0.0233 e. The number of benzene rings is 2. The van der Waals surface area contributed by atoms with Crippen LogP contribution in [-0.4, -0.2) is 21.4 Å². The number of hydrogen-bond donors (Lipinski definition) is 0. The third-order valence-electron chi connectivity index (χ3n) is 5.85. The van der Waals surface area contributed by atoms with Gasteiger partial charge in [-0.25, -0.2) is 0 Å². The summed E-state index contributed by atoms with van der Waals surface area (Å²) in [6, 6.07) is 20.1. The normalized spacial score (nSPS) is 21.9. The number of piperidine rings is 1. The highest BCUT2D eigenvalue weighted by molar-refractivity contribution is 14.1. The van der Waals surface area contributed by atoms with Gasteiger partial charge < -0.3 is 0 Å². The van der Waals surface area contributed by atoms with E-state index in [1.165, 1.54) is 24.1 Å². The largest absolute Gasteiger partial charge is 0.298 e. The van der Waals surface area contributed by atoms with E-state index in [1.807, 2.05) is 0 Å². The number of hydrogen-bond acceptors (Lipinski definition) is 1. The summed E-state index contributed by atoms with van der Waals surface area (Å²) in [7, 11) is 0. The maximum absolute atomic E-state index is 2.68. The van der Waals surface area contributed by atoms with E-state index in [0.29, 0.717) is 15.3 Å².